The van der Waals surface area contributed by atoms with Gasteiger partial charge in [-0.1, -0.05) is 17.7 Å². The monoisotopic (exact) mass is 388 g/mol. The normalized spacial score (nSPS) is 14.1. The summed E-state index contributed by atoms with van der Waals surface area (Å²) in [5.74, 6) is 0.529. The Bertz CT molecular complexity index is 965. The molecule has 0 unspecified atom stereocenters. The lowest BCUT2D eigenvalue weighted by Crippen LogP contribution is -2.26. The molecule has 0 bridgehead atoms. The first-order valence-corrected chi connectivity index (χ1v) is 9.15. The molecular weight excluding hydrogens is 371 g/mol. The number of nitrogens with zero attached hydrogens (tertiary/aromatic N) is 5. The highest BCUT2D eigenvalue weighted by atomic mass is 35.5. The van der Waals surface area contributed by atoms with Crippen LogP contribution in [0.15, 0.2) is 30.3 Å². The molecule has 2 aromatic heterocycles. The molecule has 3 heterocycles. The zero-order chi connectivity index (χ0) is 18.8. The van der Waals surface area contributed by atoms with E-state index >= 15 is 0 Å². The fourth-order valence-electron chi connectivity index (χ4n) is 3.15. The molecule has 1 N–H and O–H groups in total. The van der Waals surface area contributed by atoms with Crippen molar-refractivity contribution in [2.75, 3.05) is 18.0 Å². The highest BCUT2D eigenvalue weighted by molar-refractivity contribution is 6.31. The Morgan fingerprint density at radius 1 is 1.19 bits per heavy atom. The maximum atomic E-state index is 13.8. The van der Waals surface area contributed by atoms with Gasteiger partial charge in [0.05, 0.1) is 13.0 Å². The van der Waals surface area contributed by atoms with Gasteiger partial charge in [0, 0.05) is 23.7 Å². The molecule has 9 heteroatoms. The highest BCUT2D eigenvalue weighted by Gasteiger charge is 2.17. The van der Waals surface area contributed by atoms with Gasteiger partial charge >= 0.3 is 0 Å². The molecule has 0 radical (unpaired) electrons. The number of carbonyl (C=O) groups excluding carboxylic acids is 1. The first-order valence-electron chi connectivity index (χ1n) is 8.78. The molecule has 27 heavy (non-hydrogen) atoms. The average molecular weight is 389 g/mol. The van der Waals surface area contributed by atoms with Crippen LogP contribution in [0.4, 0.5) is 10.2 Å². The quantitative estimate of drug-likeness (QED) is 0.726. The minimum atomic E-state index is -0.498. The summed E-state index contributed by atoms with van der Waals surface area (Å²) in [5.41, 5.74) is 0.788. The van der Waals surface area contributed by atoms with E-state index in [1.54, 1.807) is 10.6 Å². The molecule has 1 aliphatic rings. The van der Waals surface area contributed by atoms with Gasteiger partial charge < -0.3 is 10.2 Å². The van der Waals surface area contributed by atoms with Crippen LogP contribution in [0, 0.1) is 5.82 Å². The maximum Gasteiger partial charge on any atom is 0.224 e. The molecule has 0 saturated carbocycles. The third-order valence-electron chi connectivity index (χ3n) is 4.59. The van der Waals surface area contributed by atoms with Crippen molar-refractivity contribution < 1.29 is 9.18 Å². The third kappa shape index (κ3) is 3.71. The standard InChI is InChI=1S/C18H18ClFN6O/c19-13-4-3-5-14(20)12(13)10-18(27)21-11-17-23-22-15-6-7-16(24-26(15)17)25-8-1-2-9-25/h3-7H,1-2,8-11H2,(H,21,27). The smallest absolute Gasteiger partial charge is 0.224 e. The van der Waals surface area contributed by atoms with E-state index in [2.05, 4.69) is 25.5 Å². The van der Waals surface area contributed by atoms with E-state index in [4.69, 9.17) is 11.6 Å². The van der Waals surface area contributed by atoms with Crippen LogP contribution in [0.2, 0.25) is 5.02 Å². The van der Waals surface area contributed by atoms with Crippen molar-refractivity contribution in [3.63, 3.8) is 0 Å². The van der Waals surface area contributed by atoms with Crippen LogP contribution in [0.5, 0.6) is 0 Å². The van der Waals surface area contributed by atoms with Crippen LogP contribution in [0.1, 0.15) is 24.2 Å². The SMILES string of the molecule is O=C(Cc1c(F)cccc1Cl)NCc1nnc2ccc(N3CCCC3)nn12. The van der Waals surface area contributed by atoms with Crippen LogP contribution in [0.3, 0.4) is 0 Å². The molecule has 1 saturated heterocycles. The molecule has 0 atom stereocenters. The minimum absolute atomic E-state index is 0.141. The Kier molecular flexibility index (Phi) is 4.89. The number of carbonyl (C=O) groups is 1. The number of fused-ring (bicyclic) bond motifs is 1. The van der Waals surface area contributed by atoms with Gasteiger partial charge in [-0.05, 0) is 37.1 Å². The van der Waals surface area contributed by atoms with Gasteiger partial charge in [0.25, 0.3) is 0 Å². The zero-order valence-electron chi connectivity index (χ0n) is 14.5. The third-order valence-corrected chi connectivity index (χ3v) is 4.94. The van der Waals surface area contributed by atoms with Crippen molar-refractivity contribution in [3.05, 3.63) is 52.6 Å². The van der Waals surface area contributed by atoms with E-state index in [9.17, 15) is 9.18 Å². The van der Waals surface area contributed by atoms with Gasteiger partial charge in [-0.25, -0.2) is 4.39 Å². The number of nitrogens with one attached hydrogen (secondary N) is 1. The van der Waals surface area contributed by atoms with E-state index in [0.717, 1.165) is 31.7 Å². The van der Waals surface area contributed by atoms with Crippen molar-refractivity contribution in [2.24, 2.45) is 0 Å². The molecule has 0 aliphatic carbocycles. The first kappa shape index (κ1) is 17.7. The van der Waals surface area contributed by atoms with Crippen molar-refractivity contribution in [1.29, 1.82) is 0 Å². The summed E-state index contributed by atoms with van der Waals surface area (Å²) in [6.07, 6.45) is 2.17. The van der Waals surface area contributed by atoms with Crippen LogP contribution < -0.4 is 10.2 Å². The summed E-state index contributed by atoms with van der Waals surface area (Å²) in [7, 11) is 0. The Morgan fingerprint density at radius 3 is 2.78 bits per heavy atom. The molecule has 3 aromatic rings. The van der Waals surface area contributed by atoms with Crippen molar-refractivity contribution in [3.8, 4) is 0 Å². The lowest BCUT2D eigenvalue weighted by Gasteiger charge is -2.15. The fraction of sp³-hybridized carbons (Fsp3) is 0.333. The Balaban J connectivity index is 1.47. The van der Waals surface area contributed by atoms with E-state index < -0.39 is 5.82 Å². The number of aromatic nitrogens is 4. The second-order valence-corrected chi connectivity index (χ2v) is 6.83. The Labute approximate surface area is 160 Å². The molecule has 1 amide bonds. The number of anilines is 1. The first-order chi connectivity index (χ1) is 13.1. The number of hydrogen-bond donors (Lipinski definition) is 1. The summed E-state index contributed by atoms with van der Waals surface area (Å²) in [4.78, 5) is 14.4. The fourth-order valence-corrected chi connectivity index (χ4v) is 3.38. The molecule has 1 fully saturated rings. The molecule has 0 spiro atoms. The van der Waals surface area contributed by atoms with Crippen molar-refractivity contribution in [1.82, 2.24) is 25.1 Å². The van der Waals surface area contributed by atoms with Gasteiger partial charge in [-0.2, -0.15) is 4.52 Å². The average Bonchev–Trinajstić information content (AvgIpc) is 3.32. The second kappa shape index (κ2) is 7.48. The lowest BCUT2D eigenvalue weighted by atomic mass is 10.1. The van der Waals surface area contributed by atoms with E-state index in [0.29, 0.717) is 11.5 Å². The Morgan fingerprint density at radius 2 is 2.00 bits per heavy atom. The summed E-state index contributed by atoms with van der Waals surface area (Å²) in [6.45, 7) is 2.11. The molecular formula is C18H18ClFN6O. The molecule has 1 aromatic carbocycles. The van der Waals surface area contributed by atoms with Gasteiger partial charge in [0.1, 0.15) is 11.6 Å². The van der Waals surface area contributed by atoms with E-state index in [1.807, 2.05) is 12.1 Å². The van der Waals surface area contributed by atoms with Gasteiger partial charge in [0.15, 0.2) is 11.5 Å². The largest absolute Gasteiger partial charge is 0.355 e. The number of rotatable bonds is 5. The van der Waals surface area contributed by atoms with Crippen LogP contribution in [0.25, 0.3) is 5.65 Å². The molecule has 4 rings (SSSR count). The molecule has 1 aliphatic heterocycles. The van der Waals surface area contributed by atoms with Gasteiger partial charge in [-0.3, -0.25) is 4.79 Å². The summed E-state index contributed by atoms with van der Waals surface area (Å²) >= 11 is 5.97. The van der Waals surface area contributed by atoms with Gasteiger partial charge in [-0.15, -0.1) is 15.3 Å². The van der Waals surface area contributed by atoms with Crippen LogP contribution in [-0.2, 0) is 17.8 Å². The summed E-state index contributed by atoms with van der Waals surface area (Å²) in [6, 6.07) is 8.13. The van der Waals surface area contributed by atoms with Gasteiger partial charge in [0.2, 0.25) is 5.91 Å². The number of amides is 1. The van der Waals surface area contributed by atoms with Crippen LogP contribution in [-0.4, -0.2) is 38.8 Å². The van der Waals surface area contributed by atoms with E-state index in [-0.39, 0.29) is 29.5 Å². The predicted molar refractivity (Wildman–Crippen MR) is 99.2 cm³/mol. The number of halogens is 2. The summed E-state index contributed by atoms with van der Waals surface area (Å²) in [5, 5.41) is 15.7. The topological polar surface area (TPSA) is 75.4 Å². The highest BCUT2D eigenvalue weighted by Crippen LogP contribution is 2.20. The van der Waals surface area contributed by atoms with E-state index in [1.165, 1.54) is 12.1 Å². The van der Waals surface area contributed by atoms with Crippen molar-refractivity contribution >= 4 is 29.0 Å². The van der Waals surface area contributed by atoms with Crippen molar-refractivity contribution in [2.45, 2.75) is 25.8 Å². The second-order valence-electron chi connectivity index (χ2n) is 6.43. The van der Waals surface area contributed by atoms with Crippen LogP contribution >= 0.6 is 11.6 Å². The predicted octanol–water partition coefficient (Wildman–Crippen LogP) is 2.38. The summed E-state index contributed by atoms with van der Waals surface area (Å²) < 4.78 is 15.4. The maximum absolute atomic E-state index is 13.8. The number of hydrogen-bond acceptors (Lipinski definition) is 5. The minimum Gasteiger partial charge on any atom is -0.355 e. The Hall–Kier alpha value is -2.74. The lowest BCUT2D eigenvalue weighted by molar-refractivity contribution is -0.120. The zero-order valence-corrected chi connectivity index (χ0v) is 15.3. The molecule has 7 nitrogen and oxygen atoms in total. The molecule has 140 valence electrons. The number of benzene rings is 1.